The van der Waals surface area contributed by atoms with E-state index in [0.717, 1.165) is 38.5 Å². The van der Waals surface area contributed by atoms with E-state index < -0.39 is 0 Å². The molecule has 0 amide bonds. The first-order chi connectivity index (χ1) is 15.8. The van der Waals surface area contributed by atoms with Crippen LogP contribution < -0.4 is 10.6 Å². The van der Waals surface area contributed by atoms with Crippen molar-refractivity contribution in [3.63, 3.8) is 0 Å². The van der Waals surface area contributed by atoms with E-state index in [9.17, 15) is 0 Å². The predicted octanol–water partition coefficient (Wildman–Crippen LogP) is 7.66. The quantitative estimate of drug-likeness (QED) is 0.221. The number of hydrogen-bond donors (Lipinski definition) is 2. The minimum atomic E-state index is 0.759. The molecule has 0 spiro atoms. The second kappa shape index (κ2) is 10.9. The van der Waals surface area contributed by atoms with Gasteiger partial charge in [0.1, 0.15) is 0 Å². The Labute approximate surface area is 195 Å². The van der Waals surface area contributed by atoms with Crippen LogP contribution in [-0.2, 0) is 0 Å². The van der Waals surface area contributed by atoms with Gasteiger partial charge in [-0.2, -0.15) is 0 Å². The van der Waals surface area contributed by atoms with Crippen LogP contribution in [0.15, 0.2) is 134 Å². The van der Waals surface area contributed by atoms with E-state index in [1.165, 1.54) is 0 Å². The van der Waals surface area contributed by atoms with E-state index in [0.29, 0.717) is 0 Å². The van der Waals surface area contributed by atoms with Gasteiger partial charge in [0.15, 0.2) is 0 Å². The molecular formula is C29H24N2S. The fraction of sp³-hybridized carbons (Fsp3) is 0. The summed E-state index contributed by atoms with van der Waals surface area (Å²) in [4.78, 5) is 0.759. The maximum Gasteiger partial charge on any atom is 0.0563 e. The van der Waals surface area contributed by atoms with Crippen molar-refractivity contribution in [3.05, 3.63) is 145 Å². The number of rotatable bonds is 8. The summed E-state index contributed by atoms with van der Waals surface area (Å²) in [5, 5.41) is 6.81. The highest BCUT2D eigenvalue weighted by Gasteiger charge is 2.15. The Bertz CT molecular complexity index is 1100. The van der Waals surface area contributed by atoms with Crippen LogP contribution in [0.3, 0.4) is 0 Å². The van der Waals surface area contributed by atoms with Crippen molar-refractivity contribution in [2.75, 3.05) is 10.6 Å². The van der Waals surface area contributed by atoms with Crippen LogP contribution in [0.5, 0.6) is 0 Å². The molecule has 4 rings (SSSR count). The normalized spacial score (nSPS) is 11.6. The zero-order chi connectivity index (χ0) is 22.0. The highest BCUT2D eigenvalue weighted by molar-refractivity contribution is 7.82. The molecule has 4 aromatic carbocycles. The molecule has 0 saturated heterocycles. The average molecular weight is 433 g/mol. The zero-order valence-corrected chi connectivity index (χ0v) is 18.4. The minimum Gasteiger partial charge on any atom is -0.361 e. The van der Waals surface area contributed by atoms with Crippen LogP contribution in [0.1, 0.15) is 11.1 Å². The Morgan fingerprint density at radius 1 is 0.469 bits per heavy atom. The Hall–Kier alpha value is -3.95. The molecule has 0 aromatic heterocycles. The molecule has 32 heavy (non-hydrogen) atoms. The number of para-hydroxylation sites is 2. The first-order valence-corrected chi connectivity index (χ1v) is 10.9. The van der Waals surface area contributed by atoms with Gasteiger partial charge < -0.3 is 10.6 Å². The molecule has 0 fully saturated rings. The van der Waals surface area contributed by atoms with Crippen molar-refractivity contribution in [1.82, 2.24) is 0 Å². The molecule has 0 aliphatic carbocycles. The first kappa shape index (κ1) is 21.3. The maximum absolute atomic E-state index is 6.08. The summed E-state index contributed by atoms with van der Waals surface area (Å²) in [7, 11) is 0. The topological polar surface area (TPSA) is 24.1 Å². The van der Waals surface area contributed by atoms with Crippen LogP contribution in [0.4, 0.5) is 11.4 Å². The molecule has 2 N–H and O–H groups in total. The van der Waals surface area contributed by atoms with E-state index in [1.54, 1.807) is 0 Å². The summed E-state index contributed by atoms with van der Waals surface area (Å²) in [5.41, 5.74) is 6.04. The third-order valence-corrected chi connectivity index (χ3v) is 5.41. The van der Waals surface area contributed by atoms with Crippen molar-refractivity contribution in [2.45, 2.75) is 0 Å². The first-order valence-electron chi connectivity index (χ1n) is 10.5. The fourth-order valence-corrected chi connectivity index (χ4v) is 3.67. The van der Waals surface area contributed by atoms with Crippen molar-refractivity contribution >= 4 is 39.6 Å². The van der Waals surface area contributed by atoms with Crippen LogP contribution >= 0.6 is 12.2 Å². The van der Waals surface area contributed by atoms with Gasteiger partial charge in [-0.05, 0) is 35.4 Å². The van der Waals surface area contributed by atoms with Crippen LogP contribution in [0.2, 0.25) is 0 Å². The average Bonchev–Trinajstić information content (AvgIpc) is 2.87. The summed E-state index contributed by atoms with van der Waals surface area (Å²) < 4.78 is 0. The van der Waals surface area contributed by atoms with Gasteiger partial charge in [0, 0.05) is 34.9 Å². The number of hydrogen-bond acceptors (Lipinski definition) is 3. The minimum absolute atomic E-state index is 0.759. The van der Waals surface area contributed by atoms with Crippen LogP contribution in [0, 0.1) is 0 Å². The number of anilines is 2. The second-order valence-corrected chi connectivity index (χ2v) is 7.61. The number of allylic oxidation sites excluding steroid dienone is 2. The number of thiocarbonyl (C=S) groups is 1. The maximum atomic E-state index is 6.08. The summed E-state index contributed by atoms with van der Waals surface area (Å²) in [5.74, 6) is 0. The van der Waals surface area contributed by atoms with Gasteiger partial charge >= 0.3 is 0 Å². The zero-order valence-electron chi connectivity index (χ0n) is 17.6. The molecule has 3 heteroatoms. The van der Waals surface area contributed by atoms with Crippen molar-refractivity contribution in [2.24, 2.45) is 0 Å². The monoisotopic (exact) mass is 432 g/mol. The molecule has 0 aliphatic rings. The van der Waals surface area contributed by atoms with Gasteiger partial charge in [0.05, 0.1) is 4.86 Å². The van der Waals surface area contributed by atoms with Crippen molar-refractivity contribution in [1.29, 1.82) is 0 Å². The smallest absolute Gasteiger partial charge is 0.0563 e. The number of nitrogens with one attached hydrogen (secondary N) is 2. The number of benzene rings is 4. The molecule has 2 nitrogen and oxygen atoms in total. The summed E-state index contributed by atoms with van der Waals surface area (Å²) in [6.07, 6.45) is 3.98. The van der Waals surface area contributed by atoms with Crippen LogP contribution in [-0.4, -0.2) is 4.86 Å². The molecule has 0 heterocycles. The largest absolute Gasteiger partial charge is 0.361 e. The standard InChI is InChI=1S/C29H24N2S/c32-29(27(23-13-5-1-6-14-23)21-30-25-17-9-3-10-18-25)28(24-15-7-2-8-16-24)22-31-26-19-11-4-12-20-26/h1-22,30-31H/b27-21+,28-22+. The van der Waals surface area contributed by atoms with E-state index in [4.69, 9.17) is 12.2 Å². The Morgan fingerprint density at radius 2 is 0.781 bits per heavy atom. The van der Waals surface area contributed by atoms with E-state index >= 15 is 0 Å². The highest BCUT2D eigenvalue weighted by Crippen LogP contribution is 2.27. The van der Waals surface area contributed by atoms with Gasteiger partial charge in [0.2, 0.25) is 0 Å². The highest BCUT2D eigenvalue weighted by atomic mass is 32.1. The molecule has 0 bridgehead atoms. The van der Waals surface area contributed by atoms with E-state index in [1.807, 2.05) is 109 Å². The molecule has 156 valence electrons. The van der Waals surface area contributed by atoms with Gasteiger partial charge in [0.25, 0.3) is 0 Å². The fourth-order valence-electron chi connectivity index (χ4n) is 3.32. The van der Waals surface area contributed by atoms with Gasteiger partial charge in [-0.15, -0.1) is 0 Å². The lowest BCUT2D eigenvalue weighted by Crippen LogP contribution is -2.07. The Balaban J connectivity index is 1.74. The molecule has 0 atom stereocenters. The molecule has 0 saturated carbocycles. The molecular weight excluding hydrogens is 408 g/mol. The third kappa shape index (κ3) is 5.60. The van der Waals surface area contributed by atoms with Crippen molar-refractivity contribution in [3.8, 4) is 0 Å². The van der Waals surface area contributed by atoms with Crippen molar-refractivity contribution < 1.29 is 0 Å². The van der Waals surface area contributed by atoms with Crippen LogP contribution in [0.25, 0.3) is 11.1 Å². The van der Waals surface area contributed by atoms with Gasteiger partial charge in [-0.1, -0.05) is 109 Å². The van der Waals surface area contributed by atoms with E-state index in [-0.39, 0.29) is 0 Å². The Kier molecular flexibility index (Phi) is 7.25. The summed E-state index contributed by atoms with van der Waals surface area (Å²) >= 11 is 6.08. The molecule has 0 unspecified atom stereocenters. The third-order valence-electron chi connectivity index (χ3n) is 4.97. The van der Waals surface area contributed by atoms with E-state index in [2.05, 4.69) is 34.9 Å². The molecule has 0 aliphatic heterocycles. The lowest BCUT2D eigenvalue weighted by Gasteiger charge is -2.15. The van der Waals surface area contributed by atoms with Gasteiger partial charge in [-0.3, -0.25) is 0 Å². The Morgan fingerprint density at radius 3 is 1.12 bits per heavy atom. The summed E-state index contributed by atoms with van der Waals surface area (Å²) in [6.45, 7) is 0. The van der Waals surface area contributed by atoms with Gasteiger partial charge in [-0.25, -0.2) is 0 Å². The summed E-state index contributed by atoms with van der Waals surface area (Å²) in [6, 6.07) is 40.7. The SMILES string of the molecule is S=C(/C(=C/Nc1ccccc1)c1ccccc1)/C(=C/Nc1ccccc1)c1ccccc1. The lowest BCUT2D eigenvalue weighted by molar-refractivity contribution is 1.56. The molecule has 0 radical (unpaired) electrons. The lowest BCUT2D eigenvalue weighted by atomic mass is 9.94. The predicted molar refractivity (Wildman–Crippen MR) is 142 cm³/mol. The molecule has 4 aromatic rings. The second-order valence-electron chi connectivity index (χ2n) is 7.20.